The minimum Gasteiger partial charge on any atom is -0.337 e. The van der Waals surface area contributed by atoms with E-state index in [0.717, 1.165) is 25.1 Å². The Bertz CT molecular complexity index is 439. The Balaban J connectivity index is 1.62. The molecule has 1 amide bonds. The molecule has 1 unspecified atom stereocenters. The van der Waals surface area contributed by atoms with Crippen LogP contribution in [0.2, 0.25) is 0 Å². The molecular weight excluding hydrogens is 230 g/mol. The van der Waals surface area contributed by atoms with E-state index in [2.05, 4.69) is 10.3 Å². The number of amides is 1. The van der Waals surface area contributed by atoms with Gasteiger partial charge < -0.3 is 10.6 Å². The second-order valence-electron chi connectivity index (χ2n) is 5.23. The van der Waals surface area contributed by atoms with Gasteiger partial charge in [0.15, 0.2) is 0 Å². The summed E-state index contributed by atoms with van der Waals surface area (Å²) in [5.41, 5.74) is 6.71. The van der Waals surface area contributed by atoms with Gasteiger partial charge in [0.05, 0.1) is 5.69 Å². The van der Waals surface area contributed by atoms with Gasteiger partial charge in [-0.05, 0) is 25.7 Å². The van der Waals surface area contributed by atoms with Crippen molar-refractivity contribution in [3.8, 4) is 0 Å². The fourth-order valence-corrected chi connectivity index (χ4v) is 2.60. The maximum Gasteiger partial charge on any atom is 0.244 e. The van der Waals surface area contributed by atoms with Crippen LogP contribution in [0.15, 0.2) is 6.20 Å². The van der Waals surface area contributed by atoms with Crippen LogP contribution in [0.1, 0.15) is 37.3 Å². The molecule has 6 heteroatoms. The van der Waals surface area contributed by atoms with E-state index < -0.39 is 0 Å². The smallest absolute Gasteiger partial charge is 0.244 e. The normalized spacial score (nSPS) is 23.6. The predicted molar refractivity (Wildman–Crippen MR) is 65.8 cm³/mol. The second kappa shape index (κ2) is 4.68. The van der Waals surface area contributed by atoms with Gasteiger partial charge in [0, 0.05) is 31.2 Å². The molecule has 1 aromatic heterocycles. The number of hydrogen-bond donors (Lipinski definition) is 1. The van der Waals surface area contributed by atoms with Crippen molar-refractivity contribution in [2.75, 3.05) is 13.1 Å². The molecule has 2 N–H and O–H groups in total. The van der Waals surface area contributed by atoms with Crippen LogP contribution in [0.4, 0.5) is 0 Å². The average Bonchev–Trinajstić information content (AvgIpc) is 2.93. The van der Waals surface area contributed by atoms with Gasteiger partial charge in [-0.25, -0.2) is 4.68 Å². The maximum atomic E-state index is 12.2. The van der Waals surface area contributed by atoms with E-state index in [0.29, 0.717) is 12.5 Å². The van der Waals surface area contributed by atoms with E-state index in [9.17, 15) is 4.79 Å². The molecule has 6 nitrogen and oxygen atoms in total. The zero-order valence-electron chi connectivity index (χ0n) is 10.5. The number of nitrogens with two attached hydrogens (primary N) is 1. The number of aromatic nitrogens is 3. The second-order valence-corrected chi connectivity index (χ2v) is 5.23. The number of likely N-dealkylation sites (tertiary alicyclic amines) is 1. The summed E-state index contributed by atoms with van der Waals surface area (Å²) in [7, 11) is 0. The number of rotatable bonds is 4. The summed E-state index contributed by atoms with van der Waals surface area (Å²) >= 11 is 0. The highest BCUT2D eigenvalue weighted by molar-refractivity contribution is 5.76. The van der Waals surface area contributed by atoms with Crippen molar-refractivity contribution in [1.82, 2.24) is 19.9 Å². The first-order chi connectivity index (χ1) is 8.78. The van der Waals surface area contributed by atoms with Crippen molar-refractivity contribution in [2.24, 2.45) is 5.73 Å². The lowest BCUT2D eigenvalue weighted by Crippen LogP contribution is -2.41. The molecular formula is C12H19N5O. The van der Waals surface area contributed by atoms with Crippen molar-refractivity contribution in [1.29, 1.82) is 0 Å². The maximum absolute atomic E-state index is 12.2. The lowest BCUT2D eigenvalue weighted by Gasteiger charge is -2.23. The van der Waals surface area contributed by atoms with Crippen LogP contribution < -0.4 is 5.73 Å². The Kier molecular flexibility index (Phi) is 3.03. The number of nitrogens with zero attached hydrogens (tertiary/aromatic N) is 4. The third-order valence-corrected chi connectivity index (χ3v) is 3.82. The minimum absolute atomic E-state index is 0.107. The zero-order valence-corrected chi connectivity index (χ0v) is 10.5. The highest BCUT2D eigenvalue weighted by atomic mass is 16.2. The molecule has 0 radical (unpaired) electrons. The van der Waals surface area contributed by atoms with Crippen molar-refractivity contribution in [3.63, 3.8) is 0 Å². The summed E-state index contributed by atoms with van der Waals surface area (Å²) in [6.07, 6.45) is 6.39. The fourth-order valence-electron chi connectivity index (χ4n) is 2.60. The van der Waals surface area contributed by atoms with E-state index in [1.165, 1.54) is 12.8 Å². The highest BCUT2D eigenvalue weighted by Crippen LogP contribution is 2.38. The first kappa shape index (κ1) is 11.6. The molecule has 1 saturated carbocycles. The Labute approximate surface area is 106 Å². The molecule has 3 rings (SSSR count). The van der Waals surface area contributed by atoms with Crippen LogP contribution in [0.25, 0.3) is 0 Å². The van der Waals surface area contributed by atoms with Crippen molar-refractivity contribution >= 4 is 5.91 Å². The van der Waals surface area contributed by atoms with Crippen LogP contribution in [-0.2, 0) is 11.3 Å². The Morgan fingerprint density at radius 1 is 1.44 bits per heavy atom. The molecule has 18 heavy (non-hydrogen) atoms. The molecule has 1 atom stereocenters. The van der Waals surface area contributed by atoms with Gasteiger partial charge in [-0.1, -0.05) is 5.21 Å². The molecule has 2 heterocycles. The van der Waals surface area contributed by atoms with Gasteiger partial charge >= 0.3 is 0 Å². The molecule has 1 aliphatic heterocycles. The van der Waals surface area contributed by atoms with Crippen molar-refractivity contribution < 1.29 is 4.79 Å². The van der Waals surface area contributed by atoms with Crippen LogP contribution in [0, 0.1) is 0 Å². The van der Waals surface area contributed by atoms with Crippen LogP contribution >= 0.6 is 0 Å². The van der Waals surface area contributed by atoms with Gasteiger partial charge in [0.25, 0.3) is 0 Å². The number of carbonyl (C=O) groups excluding carboxylic acids is 1. The predicted octanol–water partition coefficient (Wildman–Crippen LogP) is 0.105. The van der Waals surface area contributed by atoms with E-state index in [4.69, 9.17) is 5.73 Å². The largest absolute Gasteiger partial charge is 0.337 e. The number of carbonyl (C=O) groups is 1. The lowest BCUT2D eigenvalue weighted by molar-refractivity contribution is -0.132. The summed E-state index contributed by atoms with van der Waals surface area (Å²) in [6, 6.07) is 0.212. The number of hydrogen-bond acceptors (Lipinski definition) is 4. The fraction of sp³-hybridized carbons (Fsp3) is 0.750. The molecule has 1 saturated heterocycles. The first-order valence-corrected chi connectivity index (χ1v) is 6.67. The Morgan fingerprint density at radius 2 is 2.28 bits per heavy atom. The van der Waals surface area contributed by atoms with E-state index in [1.807, 2.05) is 11.1 Å². The Morgan fingerprint density at radius 3 is 3.00 bits per heavy atom. The lowest BCUT2D eigenvalue weighted by atomic mass is 10.2. The molecule has 98 valence electrons. The SMILES string of the molecule is NCC1CCCN1C(=O)Cn1cc(C2CC2)nn1. The van der Waals surface area contributed by atoms with Crippen molar-refractivity contribution in [3.05, 3.63) is 11.9 Å². The zero-order chi connectivity index (χ0) is 12.5. The van der Waals surface area contributed by atoms with E-state index in [1.54, 1.807) is 4.68 Å². The molecule has 0 bridgehead atoms. The van der Waals surface area contributed by atoms with E-state index in [-0.39, 0.29) is 18.5 Å². The first-order valence-electron chi connectivity index (χ1n) is 6.67. The van der Waals surface area contributed by atoms with Crippen molar-refractivity contribution in [2.45, 2.75) is 44.2 Å². The quantitative estimate of drug-likeness (QED) is 0.821. The molecule has 2 fully saturated rings. The Hall–Kier alpha value is -1.43. The monoisotopic (exact) mass is 249 g/mol. The van der Waals surface area contributed by atoms with Gasteiger partial charge in [-0.3, -0.25) is 4.79 Å². The van der Waals surface area contributed by atoms with Crippen LogP contribution in [-0.4, -0.2) is 44.9 Å². The molecule has 0 aromatic carbocycles. The standard InChI is InChI=1S/C12H19N5O/c13-6-10-2-1-5-17(10)12(18)8-16-7-11(14-15-16)9-3-4-9/h7,9-10H,1-6,8,13H2. The average molecular weight is 249 g/mol. The van der Waals surface area contributed by atoms with Gasteiger partial charge in [0.1, 0.15) is 6.54 Å². The molecule has 2 aliphatic rings. The van der Waals surface area contributed by atoms with Gasteiger partial charge in [0.2, 0.25) is 5.91 Å². The topological polar surface area (TPSA) is 77.0 Å². The van der Waals surface area contributed by atoms with Crippen LogP contribution in [0.5, 0.6) is 0 Å². The minimum atomic E-state index is 0.107. The molecule has 0 spiro atoms. The van der Waals surface area contributed by atoms with E-state index >= 15 is 0 Å². The third-order valence-electron chi connectivity index (χ3n) is 3.82. The summed E-state index contributed by atoms with van der Waals surface area (Å²) in [5, 5.41) is 8.14. The third kappa shape index (κ3) is 2.25. The molecule has 1 aliphatic carbocycles. The highest BCUT2D eigenvalue weighted by Gasteiger charge is 2.29. The summed E-state index contributed by atoms with van der Waals surface area (Å²) < 4.78 is 1.65. The summed E-state index contributed by atoms with van der Waals surface area (Å²) in [4.78, 5) is 14.0. The van der Waals surface area contributed by atoms with Crippen LogP contribution in [0.3, 0.4) is 0 Å². The van der Waals surface area contributed by atoms with Gasteiger partial charge in [-0.15, -0.1) is 5.10 Å². The summed E-state index contributed by atoms with van der Waals surface area (Å²) in [6.45, 7) is 1.66. The summed E-state index contributed by atoms with van der Waals surface area (Å²) in [5.74, 6) is 0.688. The van der Waals surface area contributed by atoms with Gasteiger partial charge in [-0.2, -0.15) is 0 Å². The molecule has 1 aromatic rings.